The number of hydrogen-bond donors (Lipinski definition) is 2. The summed E-state index contributed by atoms with van der Waals surface area (Å²) in [5, 5.41) is 3.42. The Labute approximate surface area is 175 Å². The number of benzene rings is 1. The Bertz CT molecular complexity index is 1010. The maximum Gasteiger partial charge on any atom is 0.262 e. The fourth-order valence-corrected chi connectivity index (χ4v) is 3.85. The molecular weight excluding hydrogens is 388 g/mol. The van der Waals surface area contributed by atoms with E-state index in [1.807, 2.05) is 0 Å². The lowest BCUT2D eigenvalue weighted by Crippen LogP contribution is -2.48. The zero-order chi connectivity index (χ0) is 21.0. The van der Waals surface area contributed by atoms with Crippen LogP contribution in [-0.2, 0) is 11.3 Å². The smallest absolute Gasteiger partial charge is 0.262 e. The monoisotopic (exact) mass is 416 g/mol. The van der Waals surface area contributed by atoms with Gasteiger partial charge >= 0.3 is 0 Å². The first kappa shape index (κ1) is 21.4. The zero-order valence-electron chi connectivity index (χ0n) is 16.9. The molecule has 0 bridgehead atoms. The van der Waals surface area contributed by atoms with Crippen molar-refractivity contribution in [3.8, 4) is 0 Å². The molecule has 29 heavy (non-hydrogen) atoms. The Morgan fingerprint density at radius 3 is 3.00 bits per heavy atom. The first-order valence-electron chi connectivity index (χ1n) is 9.89. The predicted octanol–water partition coefficient (Wildman–Crippen LogP) is 2.33. The van der Waals surface area contributed by atoms with E-state index in [1.54, 1.807) is 24.3 Å². The van der Waals surface area contributed by atoms with Gasteiger partial charge in [-0.25, -0.2) is 0 Å². The number of morpholine rings is 1. The quantitative estimate of drug-likeness (QED) is 0.535. The van der Waals surface area contributed by atoms with Gasteiger partial charge in [0, 0.05) is 38.3 Å². The molecule has 1 aliphatic heterocycles. The zero-order valence-corrected chi connectivity index (χ0v) is 17.8. The van der Waals surface area contributed by atoms with E-state index >= 15 is 0 Å². The van der Waals surface area contributed by atoms with Crippen LogP contribution in [0.15, 0.2) is 35.6 Å². The van der Waals surface area contributed by atoms with Crippen molar-refractivity contribution in [2.24, 2.45) is 5.92 Å². The number of amides is 1. The van der Waals surface area contributed by atoms with Gasteiger partial charge in [0.05, 0.1) is 23.6 Å². The van der Waals surface area contributed by atoms with E-state index in [1.165, 1.54) is 4.57 Å². The van der Waals surface area contributed by atoms with Crippen LogP contribution in [-0.4, -0.2) is 59.2 Å². The molecule has 0 saturated carbocycles. The molecule has 1 aromatic heterocycles. The fourth-order valence-electron chi connectivity index (χ4n) is 3.59. The molecule has 8 heteroatoms. The number of nitrogens with zero attached hydrogens (tertiary/aromatic N) is 2. The van der Waals surface area contributed by atoms with Crippen LogP contribution in [0.3, 0.4) is 0 Å². The predicted molar refractivity (Wildman–Crippen MR) is 117 cm³/mol. The first-order valence-corrected chi connectivity index (χ1v) is 10.3. The summed E-state index contributed by atoms with van der Waals surface area (Å²) < 4.78 is 7.53. The highest BCUT2D eigenvalue weighted by atomic mass is 32.1. The summed E-state index contributed by atoms with van der Waals surface area (Å²) in [5.41, 5.74) is 0.820. The molecule has 1 fully saturated rings. The summed E-state index contributed by atoms with van der Waals surface area (Å²) in [6, 6.07) is 4.97. The third kappa shape index (κ3) is 5.20. The minimum absolute atomic E-state index is 0.0242. The van der Waals surface area contributed by atoms with Crippen molar-refractivity contribution in [3.63, 3.8) is 0 Å². The maximum atomic E-state index is 12.6. The standard InChI is InChI=1S/C21H28N4O3S/c1-4-7-25-20(27)17-6-5-15(10-18(17)23-21(25)29)19(26)22-11-16-13-24(8-9-28-16)12-14(2)3/h4-6,10,14,16H,1,7-9,11-13H2,2-3H3,(H,22,26)(H,23,29). The van der Waals surface area contributed by atoms with Gasteiger partial charge in [-0.15, -0.1) is 6.58 Å². The third-order valence-electron chi connectivity index (χ3n) is 4.89. The van der Waals surface area contributed by atoms with Crippen molar-refractivity contribution in [3.05, 3.63) is 51.5 Å². The molecule has 1 atom stereocenters. The van der Waals surface area contributed by atoms with Gasteiger partial charge < -0.3 is 15.0 Å². The topological polar surface area (TPSA) is 79.4 Å². The molecule has 2 heterocycles. The highest BCUT2D eigenvalue weighted by Gasteiger charge is 2.21. The number of ether oxygens (including phenoxy) is 1. The molecule has 1 saturated heterocycles. The second-order valence-electron chi connectivity index (χ2n) is 7.75. The second kappa shape index (κ2) is 9.47. The summed E-state index contributed by atoms with van der Waals surface area (Å²) in [6.07, 6.45) is 1.60. The molecule has 1 aliphatic rings. The van der Waals surface area contributed by atoms with E-state index in [0.717, 1.165) is 19.6 Å². The van der Waals surface area contributed by atoms with E-state index in [4.69, 9.17) is 17.0 Å². The molecule has 2 N–H and O–H groups in total. The molecule has 156 valence electrons. The van der Waals surface area contributed by atoms with E-state index in [-0.39, 0.29) is 17.6 Å². The Morgan fingerprint density at radius 2 is 2.28 bits per heavy atom. The molecular formula is C21H28N4O3S. The van der Waals surface area contributed by atoms with Crippen molar-refractivity contribution >= 4 is 29.0 Å². The van der Waals surface area contributed by atoms with Gasteiger partial charge in [0.15, 0.2) is 4.77 Å². The molecule has 1 amide bonds. The van der Waals surface area contributed by atoms with Crippen LogP contribution in [0.2, 0.25) is 0 Å². The summed E-state index contributed by atoms with van der Waals surface area (Å²) >= 11 is 5.26. The van der Waals surface area contributed by atoms with Crippen LogP contribution < -0.4 is 10.9 Å². The number of carbonyl (C=O) groups is 1. The molecule has 7 nitrogen and oxygen atoms in total. The maximum absolute atomic E-state index is 12.6. The third-order valence-corrected chi connectivity index (χ3v) is 5.21. The average Bonchev–Trinajstić information content (AvgIpc) is 2.68. The number of rotatable bonds is 7. The van der Waals surface area contributed by atoms with Gasteiger partial charge in [-0.3, -0.25) is 19.1 Å². The Hall–Kier alpha value is -2.29. The van der Waals surface area contributed by atoms with E-state index in [2.05, 4.69) is 35.6 Å². The molecule has 2 aromatic rings. The number of allylic oxidation sites excluding steroid dienone is 1. The van der Waals surface area contributed by atoms with Crippen LogP contribution in [0.5, 0.6) is 0 Å². The lowest BCUT2D eigenvalue weighted by atomic mass is 10.1. The lowest BCUT2D eigenvalue weighted by Gasteiger charge is -2.33. The van der Waals surface area contributed by atoms with Crippen molar-refractivity contribution < 1.29 is 9.53 Å². The van der Waals surface area contributed by atoms with Crippen LogP contribution in [0.25, 0.3) is 10.9 Å². The molecule has 1 aromatic carbocycles. The van der Waals surface area contributed by atoms with Crippen molar-refractivity contribution in [2.75, 3.05) is 32.8 Å². The van der Waals surface area contributed by atoms with Gasteiger partial charge in [-0.05, 0) is 36.3 Å². The highest BCUT2D eigenvalue weighted by Crippen LogP contribution is 2.12. The normalized spacial score (nSPS) is 17.6. The first-order chi connectivity index (χ1) is 13.9. The summed E-state index contributed by atoms with van der Waals surface area (Å²) in [7, 11) is 0. The molecule has 1 unspecified atom stereocenters. The van der Waals surface area contributed by atoms with Gasteiger partial charge in [-0.2, -0.15) is 0 Å². The Kier molecular flexibility index (Phi) is 7.00. The summed E-state index contributed by atoms with van der Waals surface area (Å²) in [6.45, 7) is 12.3. The van der Waals surface area contributed by atoms with E-state index < -0.39 is 0 Å². The van der Waals surface area contributed by atoms with Crippen LogP contribution >= 0.6 is 12.2 Å². The number of aromatic amines is 1. The Balaban J connectivity index is 1.69. The van der Waals surface area contributed by atoms with Gasteiger partial charge in [0.25, 0.3) is 11.5 Å². The minimum atomic E-state index is -0.203. The molecule has 0 radical (unpaired) electrons. The largest absolute Gasteiger partial charge is 0.374 e. The van der Waals surface area contributed by atoms with Crippen LogP contribution in [0.4, 0.5) is 0 Å². The van der Waals surface area contributed by atoms with Crippen molar-refractivity contribution in [2.45, 2.75) is 26.5 Å². The fraction of sp³-hybridized carbons (Fsp3) is 0.476. The summed E-state index contributed by atoms with van der Waals surface area (Å²) in [4.78, 5) is 30.6. The number of carbonyl (C=O) groups excluding carboxylic acids is 1. The number of fused-ring (bicyclic) bond motifs is 1. The molecule has 3 rings (SSSR count). The second-order valence-corrected chi connectivity index (χ2v) is 8.14. The van der Waals surface area contributed by atoms with Crippen molar-refractivity contribution in [1.82, 2.24) is 19.8 Å². The molecule has 0 aliphatic carbocycles. The lowest BCUT2D eigenvalue weighted by molar-refractivity contribution is -0.0295. The van der Waals surface area contributed by atoms with E-state index in [0.29, 0.717) is 46.9 Å². The Morgan fingerprint density at radius 1 is 1.48 bits per heavy atom. The number of aromatic nitrogens is 2. The molecule has 0 spiro atoms. The van der Waals surface area contributed by atoms with Gasteiger partial charge in [0.1, 0.15) is 0 Å². The minimum Gasteiger partial charge on any atom is -0.374 e. The average molecular weight is 417 g/mol. The van der Waals surface area contributed by atoms with Crippen LogP contribution in [0, 0.1) is 10.7 Å². The number of H-pyrrole nitrogens is 1. The van der Waals surface area contributed by atoms with Gasteiger partial charge in [-0.1, -0.05) is 19.9 Å². The van der Waals surface area contributed by atoms with E-state index in [9.17, 15) is 9.59 Å². The SMILES string of the molecule is C=CCn1c(=S)[nH]c2cc(C(=O)NCC3CN(CC(C)C)CCO3)ccc2c1=O. The number of hydrogen-bond acceptors (Lipinski definition) is 5. The van der Waals surface area contributed by atoms with Crippen LogP contribution in [0.1, 0.15) is 24.2 Å². The summed E-state index contributed by atoms with van der Waals surface area (Å²) in [5.74, 6) is 0.397. The van der Waals surface area contributed by atoms with Crippen molar-refractivity contribution in [1.29, 1.82) is 0 Å². The number of nitrogens with one attached hydrogen (secondary N) is 2. The van der Waals surface area contributed by atoms with Gasteiger partial charge in [0.2, 0.25) is 0 Å². The highest BCUT2D eigenvalue weighted by molar-refractivity contribution is 7.71.